The zero-order valence-electron chi connectivity index (χ0n) is 14.0. The second-order valence-corrected chi connectivity index (χ2v) is 8.38. The first-order chi connectivity index (χ1) is 10.3. The molecule has 0 heterocycles. The molecule has 0 saturated heterocycles. The Labute approximate surface area is 133 Å². The Hall–Kier alpha value is -1.06. The average Bonchev–Trinajstić information content (AvgIpc) is 2.48. The lowest BCUT2D eigenvalue weighted by molar-refractivity contribution is -0.190. The molecular weight excluding hydrogens is 278 g/mol. The van der Waals surface area contributed by atoms with Crippen LogP contribution in [0.2, 0.25) is 0 Å². The molecule has 4 aliphatic carbocycles. The lowest BCUT2D eigenvalue weighted by Gasteiger charge is -2.61. The van der Waals surface area contributed by atoms with Crippen LogP contribution in [0.25, 0.3) is 0 Å². The van der Waals surface area contributed by atoms with Gasteiger partial charge in [0.1, 0.15) is 6.10 Å². The number of esters is 1. The van der Waals surface area contributed by atoms with Gasteiger partial charge in [0, 0.05) is 5.92 Å². The van der Waals surface area contributed by atoms with E-state index in [1.54, 1.807) is 0 Å². The normalized spacial score (nSPS) is 43.0. The first kappa shape index (κ1) is 15.8. The maximum absolute atomic E-state index is 12.4. The Bertz CT molecular complexity index is 465. The topological polar surface area (TPSA) is 69.4 Å². The molecular formula is C18H29NO3. The predicted molar refractivity (Wildman–Crippen MR) is 83.7 cm³/mol. The van der Waals surface area contributed by atoms with Gasteiger partial charge in [0.2, 0.25) is 5.91 Å². The molecule has 4 heteroatoms. The summed E-state index contributed by atoms with van der Waals surface area (Å²) >= 11 is 0. The van der Waals surface area contributed by atoms with Crippen LogP contribution in [0.1, 0.15) is 59.3 Å². The van der Waals surface area contributed by atoms with Gasteiger partial charge in [-0.15, -0.1) is 0 Å². The van der Waals surface area contributed by atoms with E-state index < -0.39 is 0 Å². The van der Waals surface area contributed by atoms with Gasteiger partial charge in [0.05, 0.1) is 5.92 Å². The van der Waals surface area contributed by atoms with Crippen LogP contribution >= 0.6 is 0 Å². The van der Waals surface area contributed by atoms with E-state index in [-0.39, 0.29) is 29.8 Å². The zero-order valence-corrected chi connectivity index (χ0v) is 14.0. The fourth-order valence-corrected chi connectivity index (χ4v) is 5.12. The van der Waals surface area contributed by atoms with E-state index in [1.807, 2.05) is 0 Å². The van der Waals surface area contributed by atoms with Gasteiger partial charge in [-0.05, 0) is 61.7 Å². The van der Waals surface area contributed by atoms with Gasteiger partial charge in [-0.1, -0.05) is 20.8 Å². The van der Waals surface area contributed by atoms with Gasteiger partial charge in [-0.3, -0.25) is 9.59 Å². The molecule has 124 valence electrons. The standard InChI is InChI=1S/C18H29NO3/c1-10-14-8-13(18(14,2)3)9-15(10)22-17(21)12-6-4-11(5-7-12)16(19)20/h10-15H,4-9H2,1-3H3,(H2,19,20). The molecule has 4 unspecified atom stereocenters. The van der Waals surface area contributed by atoms with Gasteiger partial charge in [-0.25, -0.2) is 0 Å². The van der Waals surface area contributed by atoms with E-state index >= 15 is 0 Å². The molecule has 2 N–H and O–H groups in total. The first-order valence-corrected chi connectivity index (χ1v) is 8.80. The molecule has 4 aliphatic rings. The Kier molecular flexibility index (Phi) is 3.98. The van der Waals surface area contributed by atoms with Crippen molar-refractivity contribution in [2.75, 3.05) is 0 Å². The van der Waals surface area contributed by atoms with Crippen LogP contribution in [0.5, 0.6) is 0 Å². The number of hydrogen-bond donors (Lipinski definition) is 1. The summed E-state index contributed by atoms with van der Waals surface area (Å²) in [5.41, 5.74) is 5.77. The molecule has 4 fully saturated rings. The summed E-state index contributed by atoms with van der Waals surface area (Å²) in [6.07, 6.45) is 5.36. The average molecular weight is 307 g/mol. The molecule has 0 aromatic heterocycles. The fourth-order valence-electron chi connectivity index (χ4n) is 5.12. The largest absolute Gasteiger partial charge is 0.462 e. The number of amides is 1. The molecule has 0 radical (unpaired) electrons. The molecule has 4 nitrogen and oxygen atoms in total. The highest BCUT2D eigenvalue weighted by atomic mass is 16.5. The monoisotopic (exact) mass is 307 g/mol. The summed E-state index contributed by atoms with van der Waals surface area (Å²) < 4.78 is 5.88. The van der Waals surface area contributed by atoms with E-state index in [9.17, 15) is 9.59 Å². The van der Waals surface area contributed by atoms with E-state index in [2.05, 4.69) is 20.8 Å². The molecule has 4 saturated carbocycles. The molecule has 22 heavy (non-hydrogen) atoms. The van der Waals surface area contributed by atoms with Crippen molar-refractivity contribution in [3.63, 3.8) is 0 Å². The van der Waals surface area contributed by atoms with Crippen molar-refractivity contribution in [2.24, 2.45) is 40.7 Å². The zero-order chi connectivity index (χ0) is 16.1. The van der Waals surface area contributed by atoms with Crippen LogP contribution in [0.3, 0.4) is 0 Å². The number of nitrogens with two attached hydrogens (primary N) is 1. The van der Waals surface area contributed by atoms with Crippen molar-refractivity contribution in [1.29, 1.82) is 0 Å². The molecule has 0 aromatic rings. The Balaban J connectivity index is 1.52. The lowest BCUT2D eigenvalue weighted by atomic mass is 9.45. The highest BCUT2D eigenvalue weighted by molar-refractivity contribution is 5.77. The van der Waals surface area contributed by atoms with Crippen molar-refractivity contribution in [3.8, 4) is 0 Å². The number of ether oxygens (including phenoxy) is 1. The smallest absolute Gasteiger partial charge is 0.309 e. The summed E-state index contributed by atoms with van der Waals surface area (Å²) in [6, 6.07) is 0. The summed E-state index contributed by atoms with van der Waals surface area (Å²) in [5, 5.41) is 0. The van der Waals surface area contributed by atoms with Crippen LogP contribution in [-0.4, -0.2) is 18.0 Å². The highest BCUT2D eigenvalue weighted by Gasteiger charge is 2.57. The molecule has 0 aliphatic heterocycles. The molecule has 4 atom stereocenters. The van der Waals surface area contributed by atoms with E-state index in [4.69, 9.17) is 10.5 Å². The lowest BCUT2D eigenvalue weighted by Crippen LogP contribution is -2.57. The van der Waals surface area contributed by atoms with Gasteiger partial charge < -0.3 is 10.5 Å². The Morgan fingerprint density at radius 2 is 1.64 bits per heavy atom. The van der Waals surface area contributed by atoms with Crippen molar-refractivity contribution < 1.29 is 14.3 Å². The number of carbonyl (C=O) groups excluding carboxylic acids is 2. The summed E-state index contributed by atoms with van der Waals surface area (Å²) in [5.74, 6) is 1.51. The molecule has 0 spiro atoms. The number of hydrogen-bond acceptors (Lipinski definition) is 3. The maximum atomic E-state index is 12.4. The fraction of sp³-hybridized carbons (Fsp3) is 0.889. The van der Waals surface area contributed by atoms with Crippen LogP contribution in [0.4, 0.5) is 0 Å². The van der Waals surface area contributed by atoms with E-state index in [0.717, 1.165) is 32.1 Å². The minimum absolute atomic E-state index is 0.0333. The van der Waals surface area contributed by atoms with Crippen LogP contribution < -0.4 is 5.73 Å². The first-order valence-electron chi connectivity index (χ1n) is 8.80. The highest BCUT2D eigenvalue weighted by Crippen LogP contribution is 2.61. The van der Waals surface area contributed by atoms with Crippen LogP contribution in [-0.2, 0) is 14.3 Å². The van der Waals surface area contributed by atoms with E-state index in [0.29, 0.717) is 23.2 Å². The number of fused-ring (bicyclic) bond motifs is 2. The van der Waals surface area contributed by atoms with Gasteiger partial charge in [-0.2, -0.15) is 0 Å². The summed E-state index contributed by atoms with van der Waals surface area (Å²) in [6.45, 7) is 6.95. The third kappa shape index (κ3) is 2.55. The van der Waals surface area contributed by atoms with Crippen LogP contribution in [0, 0.1) is 35.0 Å². The van der Waals surface area contributed by atoms with Gasteiger partial charge in [0.15, 0.2) is 0 Å². The quantitative estimate of drug-likeness (QED) is 0.815. The SMILES string of the molecule is CC1C(OC(=O)C2CCC(C(N)=O)CC2)CC2CC1C2(C)C. The Morgan fingerprint density at radius 3 is 2.14 bits per heavy atom. The molecule has 2 bridgehead atoms. The minimum Gasteiger partial charge on any atom is -0.462 e. The molecule has 4 rings (SSSR count). The number of primary amides is 1. The van der Waals surface area contributed by atoms with Crippen LogP contribution in [0.15, 0.2) is 0 Å². The maximum Gasteiger partial charge on any atom is 0.309 e. The molecule has 0 aromatic carbocycles. The second-order valence-electron chi connectivity index (χ2n) is 8.38. The van der Waals surface area contributed by atoms with E-state index in [1.165, 1.54) is 6.42 Å². The van der Waals surface area contributed by atoms with Gasteiger partial charge >= 0.3 is 5.97 Å². The van der Waals surface area contributed by atoms with Crippen molar-refractivity contribution in [2.45, 2.75) is 65.4 Å². The minimum atomic E-state index is -0.227. The van der Waals surface area contributed by atoms with Crippen molar-refractivity contribution in [1.82, 2.24) is 0 Å². The third-order valence-corrected chi connectivity index (χ3v) is 7.01. The van der Waals surface area contributed by atoms with Gasteiger partial charge in [0.25, 0.3) is 0 Å². The molecule has 1 amide bonds. The summed E-state index contributed by atoms with van der Waals surface area (Å²) in [4.78, 5) is 23.6. The van der Waals surface area contributed by atoms with Crippen molar-refractivity contribution >= 4 is 11.9 Å². The number of carbonyl (C=O) groups is 2. The third-order valence-electron chi connectivity index (χ3n) is 7.01. The number of rotatable bonds is 3. The summed E-state index contributed by atoms with van der Waals surface area (Å²) in [7, 11) is 0. The predicted octanol–water partition coefficient (Wildman–Crippen LogP) is 2.89. The second kappa shape index (κ2) is 5.54. The Morgan fingerprint density at radius 1 is 1.05 bits per heavy atom. The van der Waals surface area contributed by atoms with Crippen molar-refractivity contribution in [3.05, 3.63) is 0 Å².